The van der Waals surface area contributed by atoms with Crippen molar-refractivity contribution in [2.75, 3.05) is 12.4 Å². The molecule has 0 aliphatic heterocycles. The number of nitrogens with one attached hydrogen (secondary N) is 1. The number of hydrogen-bond acceptors (Lipinski definition) is 2. The molecule has 0 heterocycles. The van der Waals surface area contributed by atoms with Gasteiger partial charge in [-0.25, -0.2) is 0 Å². The van der Waals surface area contributed by atoms with Crippen molar-refractivity contribution in [2.24, 2.45) is 0 Å². The van der Waals surface area contributed by atoms with E-state index < -0.39 is 17.6 Å². The molecule has 0 aliphatic carbocycles. The Morgan fingerprint density at radius 2 is 1.96 bits per heavy atom. The molecule has 8 heteroatoms. The largest absolute Gasteiger partial charge is 0.496 e. The van der Waals surface area contributed by atoms with E-state index in [2.05, 4.69) is 21.2 Å². The molecule has 0 radical (unpaired) electrons. The summed E-state index contributed by atoms with van der Waals surface area (Å²) in [4.78, 5) is 12.0. The molecule has 132 valence electrons. The van der Waals surface area contributed by atoms with Crippen molar-refractivity contribution in [1.29, 1.82) is 0 Å². The number of methoxy groups -OCH3 is 1. The number of anilines is 1. The van der Waals surface area contributed by atoms with Gasteiger partial charge in [0.05, 0.1) is 18.4 Å². The number of ether oxygens (including phenoxy) is 1. The predicted molar refractivity (Wildman–Crippen MR) is 103 cm³/mol. The predicted octanol–water partition coefficient (Wildman–Crippen LogP) is 5.73. The monoisotopic (exact) mass is 525 g/mol. The highest BCUT2D eigenvalue weighted by Crippen LogP contribution is 2.35. The Hall–Kier alpha value is -1.55. The Morgan fingerprint density at radius 1 is 1.24 bits per heavy atom. The van der Waals surface area contributed by atoms with Gasteiger partial charge >= 0.3 is 6.18 Å². The first-order chi connectivity index (χ1) is 11.7. The van der Waals surface area contributed by atoms with E-state index >= 15 is 0 Å². The number of benzene rings is 2. The molecule has 0 aromatic heterocycles. The molecule has 0 fully saturated rings. The molecule has 1 N–H and O–H groups in total. The number of alkyl halides is 3. The average molecular weight is 526 g/mol. The summed E-state index contributed by atoms with van der Waals surface area (Å²) in [6.45, 7) is 0. The van der Waals surface area contributed by atoms with Crippen LogP contribution in [-0.2, 0) is 11.0 Å². The fourth-order valence-corrected chi connectivity index (χ4v) is 2.91. The van der Waals surface area contributed by atoms with Crippen molar-refractivity contribution in [2.45, 2.75) is 6.18 Å². The lowest BCUT2D eigenvalue weighted by atomic mass is 10.1. The van der Waals surface area contributed by atoms with Crippen molar-refractivity contribution < 1.29 is 22.7 Å². The molecular weight excluding hydrogens is 514 g/mol. The first-order valence-electron chi connectivity index (χ1n) is 6.90. The quantitative estimate of drug-likeness (QED) is 0.409. The second-order valence-electron chi connectivity index (χ2n) is 4.90. The van der Waals surface area contributed by atoms with Gasteiger partial charge in [-0.2, -0.15) is 13.2 Å². The maximum Gasteiger partial charge on any atom is 0.418 e. The molecule has 1 amide bonds. The van der Waals surface area contributed by atoms with Crippen LogP contribution in [0.2, 0.25) is 0 Å². The highest BCUT2D eigenvalue weighted by atomic mass is 127. The summed E-state index contributed by atoms with van der Waals surface area (Å²) in [7, 11) is 1.49. The number of hydrogen-bond donors (Lipinski definition) is 1. The fraction of sp³-hybridized carbons (Fsp3) is 0.118. The second kappa shape index (κ2) is 8.22. The zero-order valence-corrected chi connectivity index (χ0v) is 16.6. The topological polar surface area (TPSA) is 38.3 Å². The molecule has 2 rings (SSSR count). The van der Waals surface area contributed by atoms with E-state index in [1.807, 2.05) is 0 Å². The minimum atomic E-state index is -4.55. The van der Waals surface area contributed by atoms with Gasteiger partial charge in [0.1, 0.15) is 5.75 Å². The maximum atomic E-state index is 13.1. The summed E-state index contributed by atoms with van der Waals surface area (Å²) in [5.74, 6) is -0.133. The zero-order valence-electron chi connectivity index (χ0n) is 12.8. The van der Waals surface area contributed by atoms with Gasteiger partial charge in [0.25, 0.3) is 0 Å². The van der Waals surface area contributed by atoms with Crippen LogP contribution < -0.4 is 10.1 Å². The first-order valence-corrected chi connectivity index (χ1v) is 8.77. The van der Waals surface area contributed by atoms with E-state index in [0.717, 1.165) is 16.6 Å². The summed E-state index contributed by atoms with van der Waals surface area (Å²) in [5.41, 5.74) is -0.560. The third-order valence-electron chi connectivity index (χ3n) is 3.15. The first kappa shape index (κ1) is 19.8. The van der Waals surface area contributed by atoms with E-state index in [4.69, 9.17) is 4.74 Å². The van der Waals surface area contributed by atoms with Gasteiger partial charge in [0.15, 0.2) is 0 Å². The SMILES string of the molecule is COc1ccc(Br)cc1C=CC(=O)Nc1ccc(I)cc1C(F)(F)F. The molecule has 0 unspecified atom stereocenters. The fourth-order valence-electron chi connectivity index (χ4n) is 2.04. The summed E-state index contributed by atoms with van der Waals surface area (Å²) in [5, 5.41) is 2.27. The Bertz CT molecular complexity index is 822. The van der Waals surface area contributed by atoms with Crippen LogP contribution in [0.15, 0.2) is 46.9 Å². The molecule has 2 aromatic rings. The lowest BCUT2D eigenvalue weighted by molar-refractivity contribution is -0.137. The van der Waals surface area contributed by atoms with Gasteiger partial charge in [0.2, 0.25) is 5.91 Å². The van der Waals surface area contributed by atoms with Crippen LogP contribution >= 0.6 is 38.5 Å². The van der Waals surface area contributed by atoms with Crippen LogP contribution in [0.3, 0.4) is 0 Å². The van der Waals surface area contributed by atoms with Crippen LogP contribution in [0.4, 0.5) is 18.9 Å². The van der Waals surface area contributed by atoms with E-state index in [-0.39, 0.29) is 5.69 Å². The van der Waals surface area contributed by atoms with E-state index in [1.165, 1.54) is 25.3 Å². The molecule has 0 spiro atoms. The molecule has 3 nitrogen and oxygen atoms in total. The lowest BCUT2D eigenvalue weighted by Crippen LogP contribution is -2.15. The van der Waals surface area contributed by atoms with Crippen LogP contribution in [0, 0.1) is 3.57 Å². The summed E-state index contributed by atoms with van der Waals surface area (Å²) < 4.78 is 45.6. The molecule has 0 saturated heterocycles. The molecule has 0 saturated carbocycles. The van der Waals surface area contributed by atoms with Crippen LogP contribution in [0.25, 0.3) is 6.08 Å². The second-order valence-corrected chi connectivity index (χ2v) is 7.06. The zero-order chi connectivity index (χ0) is 18.6. The summed E-state index contributed by atoms with van der Waals surface area (Å²) in [6.07, 6.45) is -1.93. The minimum absolute atomic E-state index is 0.288. The molecule has 2 aromatic carbocycles. The van der Waals surface area contributed by atoms with Crippen molar-refractivity contribution in [3.8, 4) is 5.75 Å². The number of amides is 1. The van der Waals surface area contributed by atoms with Gasteiger partial charge in [0, 0.05) is 19.7 Å². The van der Waals surface area contributed by atoms with Crippen LogP contribution in [-0.4, -0.2) is 13.0 Å². The number of halogens is 5. The maximum absolute atomic E-state index is 13.1. The van der Waals surface area contributed by atoms with Crippen molar-refractivity contribution in [3.63, 3.8) is 0 Å². The number of rotatable bonds is 4. The third kappa shape index (κ3) is 5.46. The number of carbonyl (C=O) groups is 1. The molecule has 0 aliphatic rings. The minimum Gasteiger partial charge on any atom is -0.496 e. The number of carbonyl (C=O) groups excluding carboxylic acids is 1. The van der Waals surface area contributed by atoms with E-state index in [0.29, 0.717) is 14.9 Å². The standard InChI is InChI=1S/C17H12BrF3INO2/c1-25-15-6-3-11(18)8-10(15)2-7-16(24)23-14-5-4-12(22)9-13(14)17(19,20)21/h2-9H,1H3,(H,23,24). The smallest absolute Gasteiger partial charge is 0.418 e. The summed E-state index contributed by atoms with van der Waals surface area (Å²) in [6, 6.07) is 8.92. The lowest BCUT2D eigenvalue weighted by Gasteiger charge is -2.13. The van der Waals surface area contributed by atoms with Gasteiger partial charge in [-0.15, -0.1) is 0 Å². The molecule has 25 heavy (non-hydrogen) atoms. The summed E-state index contributed by atoms with van der Waals surface area (Å²) >= 11 is 5.09. The Balaban J connectivity index is 2.23. The average Bonchev–Trinajstić information content (AvgIpc) is 2.54. The third-order valence-corrected chi connectivity index (χ3v) is 4.32. The molecule has 0 atom stereocenters. The van der Waals surface area contributed by atoms with E-state index in [1.54, 1.807) is 40.8 Å². The Labute approximate surface area is 164 Å². The Morgan fingerprint density at radius 3 is 2.60 bits per heavy atom. The van der Waals surface area contributed by atoms with Gasteiger partial charge in [-0.3, -0.25) is 4.79 Å². The van der Waals surface area contributed by atoms with Gasteiger partial charge in [-0.05, 0) is 65.1 Å². The van der Waals surface area contributed by atoms with Crippen LogP contribution in [0.5, 0.6) is 5.75 Å². The highest BCUT2D eigenvalue weighted by Gasteiger charge is 2.34. The van der Waals surface area contributed by atoms with Gasteiger partial charge < -0.3 is 10.1 Å². The van der Waals surface area contributed by atoms with Crippen molar-refractivity contribution >= 4 is 56.2 Å². The van der Waals surface area contributed by atoms with Crippen LogP contribution in [0.1, 0.15) is 11.1 Å². The van der Waals surface area contributed by atoms with Crippen molar-refractivity contribution in [3.05, 3.63) is 61.6 Å². The Kier molecular flexibility index (Phi) is 6.50. The highest BCUT2D eigenvalue weighted by molar-refractivity contribution is 14.1. The molecule has 0 bridgehead atoms. The molecular formula is C17H12BrF3INO2. The normalized spacial score (nSPS) is 11.6. The van der Waals surface area contributed by atoms with Gasteiger partial charge in [-0.1, -0.05) is 15.9 Å². The van der Waals surface area contributed by atoms with Crippen molar-refractivity contribution in [1.82, 2.24) is 0 Å². The van der Waals surface area contributed by atoms with E-state index in [9.17, 15) is 18.0 Å².